The molecule has 3 atom stereocenters. The average molecular weight is 198 g/mol. The Bertz CT molecular complexity index is 259. The Hall–Kier alpha value is -0.770. The van der Waals surface area contributed by atoms with Gasteiger partial charge in [0, 0.05) is 12.6 Å². The third-order valence-electron chi connectivity index (χ3n) is 2.88. The van der Waals surface area contributed by atoms with Crippen molar-refractivity contribution in [1.29, 1.82) is 0 Å². The molecule has 0 bridgehead atoms. The summed E-state index contributed by atoms with van der Waals surface area (Å²) in [6.45, 7) is 6.44. The fraction of sp³-hybridized carbons (Fsp3) is 0.900. The molecule has 1 saturated heterocycles. The van der Waals surface area contributed by atoms with Crippen molar-refractivity contribution in [2.24, 2.45) is 11.7 Å². The first-order chi connectivity index (χ1) is 6.40. The molecule has 1 amide bonds. The minimum absolute atomic E-state index is 0.191. The lowest BCUT2D eigenvalue weighted by atomic mass is 10.2. The topological polar surface area (TPSA) is 55.6 Å². The molecule has 1 unspecified atom stereocenters. The fourth-order valence-corrected chi connectivity index (χ4v) is 2.15. The Balaban J connectivity index is 1.93. The van der Waals surface area contributed by atoms with Crippen molar-refractivity contribution in [3.8, 4) is 0 Å². The average Bonchev–Trinajstić information content (AvgIpc) is 2.52. The maximum Gasteiger partial charge on any atom is 0.410 e. The van der Waals surface area contributed by atoms with E-state index in [0.29, 0.717) is 5.92 Å². The van der Waals surface area contributed by atoms with Crippen molar-refractivity contribution in [2.45, 2.75) is 44.9 Å². The Kier molecular flexibility index (Phi) is 2.00. The fourth-order valence-electron chi connectivity index (χ4n) is 2.15. The van der Waals surface area contributed by atoms with E-state index >= 15 is 0 Å². The lowest BCUT2D eigenvalue weighted by Gasteiger charge is -2.25. The molecular formula is C10H18N2O2. The van der Waals surface area contributed by atoms with Crippen LogP contribution in [0.1, 0.15) is 27.2 Å². The van der Waals surface area contributed by atoms with Gasteiger partial charge in [-0.1, -0.05) is 0 Å². The summed E-state index contributed by atoms with van der Waals surface area (Å²) in [4.78, 5) is 13.5. The molecule has 4 heteroatoms. The minimum Gasteiger partial charge on any atom is -0.444 e. The van der Waals surface area contributed by atoms with Crippen molar-refractivity contribution >= 4 is 6.09 Å². The highest BCUT2D eigenvalue weighted by molar-refractivity contribution is 5.70. The molecule has 0 aromatic rings. The molecule has 0 aromatic heterocycles. The zero-order valence-electron chi connectivity index (χ0n) is 8.99. The van der Waals surface area contributed by atoms with Gasteiger partial charge in [0.2, 0.25) is 0 Å². The Labute approximate surface area is 84.4 Å². The highest BCUT2D eigenvalue weighted by Crippen LogP contribution is 2.43. The third-order valence-corrected chi connectivity index (χ3v) is 2.88. The van der Waals surface area contributed by atoms with Crippen LogP contribution in [-0.2, 0) is 4.74 Å². The summed E-state index contributed by atoms with van der Waals surface area (Å²) >= 11 is 0. The summed E-state index contributed by atoms with van der Waals surface area (Å²) in [5, 5.41) is 0. The number of hydrogen-bond acceptors (Lipinski definition) is 3. The highest BCUT2D eigenvalue weighted by Gasteiger charge is 2.57. The van der Waals surface area contributed by atoms with E-state index in [9.17, 15) is 4.79 Å². The number of amides is 1. The van der Waals surface area contributed by atoms with Gasteiger partial charge in [0.05, 0.1) is 6.04 Å². The van der Waals surface area contributed by atoms with Crippen LogP contribution >= 0.6 is 0 Å². The number of nitrogens with two attached hydrogens (primary N) is 1. The number of nitrogens with zero attached hydrogens (tertiary/aromatic N) is 1. The van der Waals surface area contributed by atoms with E-state index in [0.717, 1.165) is 13.0 Å². The molecule has 0 spiro atoms. The number of carbonyl (C=O) groups is 1. The van der Waals surface area contributed by atoms with Crippen molar-refractivity contribution in [2.75, 3.05) is 6.54 Å². The van der Waals surface area contributed by atoms with E-state index in [1.807, 2.05) is 20.8 Å². The number of carbonyl (C=O) groups excluding carboxylic acids is 1. The molecule has 0 radical (unpaired) electrons. The number of piperidine rings is 1. The second-order valence-corrected chi connectivity index (χ2v) is 5.19. The zero-order valence-corrected chi connectivity index (χ0v) is 8.99. The summed E-state index contributed by atoms with van der Waals surface area (Å²) in [5.41, 5.74) is 5.41. The molecule has 14 heavy (non-hydrogen) atoms. The standard InChI is InChI=1S/C10H18N2O2/c1-10(2,3)14-9(13)12-5-4-6-7(11)8(6)12/h6-8H,4-5,11H2,1-3H3/t6-,7?,8-/m0/s1. The zero-order chi connectivity index (χ0) is 10.5. The molecule has 0 aromatic carbocycles. The number of likely N-dealkylation sites (tertiary alicyclic amines) is 1. The lowest BCUT2D eigenvalue weighted by molar-refractivity contribution is 0.0260. The number of ether oxygens (including phenoxy) is 1. The number of rotatable bonds is 0. The van der Waals surface area contributed by atoms with E-state index in [2.05, 4.69) is 0 Å². The van der Waals surface area contributed by atoms with Gasteiger partial charge >= 0.3 is 6.09 Å². The second kappa shape index (κ2) is 2.86. The predicted octanol–water partition coefficient (Wildman–Crippen LogP) is 0.953. The molecule has 1 saturated carbocycles. The lowest BCUT2D eigenvalue weighted by Crippen LogP contribution is -2.39. The molecule has 1 heterocycles. The van der Waals surface area contributed by atoms with Crippen molar-refractivity contribution in [1.82, 2.24) is 4.90 Å². The van der Waals surface area contributed by atoms with Crippen molar-refractivity contribution < 1.29 is 9.53 Å². The molecule has 2 N–H and O–H groups in total. The van der Waals surface area contributed by atoms with Crippen LogP contribution in [0.5, 0.6) is 0 Å². The van der Waals surface area contributed by atoms with Crippen LogP contribution in [0, 0.1) is 5.92 Å². The normalized spacial score (nSPS) is 35.4. The van der Waals surface area contributed by atoms with E-state index in [1.165, 1.54) is 0 Å². The van der Waals surface area contributed by atoms with Gasteiger partial charge in [-0.25, -0.2) is 4.79 Å². The van der Waals surface area contributed by atoms with Crippen molar-refractivity contribution in [3.05, 3.63) is 0 Å². The summed E-state index contributed by atoms with van der Waals surface area (Å²) in [6, 6.07) is 0.445. The maximum absolute atomic E-state index is 11.7. The molecular weight excluding hydrogens is 180 g/mol. The highest BCUT2D eigenvalue weighted by atomic mass is 16.6. The number of hydrogen-bond donors (Lipinski definition) is 1. The predicted molar refractivity (Wildman–Crippen MR) is 52.8 cm³/mol. The first-order valence-corrected chi connectivity index (χ1v) is 5.15. The first-order valence-electron chi connectivity index (χ1n) is 5.15. The van der Waals surface area contributed by atoms with Gasteiger partial charge < -0.3 is 15.4 Å². The summed E-state index contributed by atoms with van der Waals surface area (Å²) in [6.07, 6.45) is 0.823. The van der Waals surface area contributed by atoms with Crippen molar-refractivity contribution in [3.63, 3.8) is 0 Å². The van der Waals surface area contributed by atoms with E-state index in [1.54, 1.807) is 4.90 Å². The van der Waals surface area contributed by atoms with E-state index in [-0.39, 0.29) is 18.2 Å². The van der Waals surface area contributed by atoms with E-state index in [4.69, 9.17) is 10.5 Å². The summed E-state index contributed by atoms with van der Waals surface area (Å²) in [7, 11) is 0. The Morgan fingerprint density at radius 2 is 2.14 bits per heavy atom. The Morgan fingerprint density at radius 1 is 1.50 bits per heavy atom. The molecule has 2 rings (SSSR count). The molecule has 1 aliphatic heterocycles. The van der Waals surface area contributed by atoms with Gasteiger partial charge in [-0.15, -0.1) is 0 Å². The van der Waals surface area contributed by atoms with Crippen LogP contribution in [0.25, 0.3) is 0 Å². The van der Waals surface area contributed by atoms with Crippen LogP contribution in [0.2, 0.25) is 0 Å². The van der Waals surface area contributed by atoms with Crippen LogP contribution < -0.4 is 5.73 Å². The molecule has 2 aliphatic rings. The largest absolute Gasteiger partial charge is 0.444 e. The quantitative estimate of drug-likeness (QED) is 0.630. The summed E-state index contributed by atoms with van der Waals surface area (Å²) < 4.78 is 5.30. The first kappa shape index (κ1) is 9.77. The molecule has 80 valence electrons. The van der Waals surface area contributed by atoms with E-state index < -0.39 is 5.60 Å². The van der Waals surface area contributed by atoms with Gasteiger partial charge in [-0.2, -0.15) is 0 Å². The SMILES string of the molecule is CC(C)(C)OC(=O)N1CC[C@H]2C(N)[C@H]21. The molecule has 1 aliphatic carbocycles. The second-order valence-electron chi connectivity index (χ2n) is 5.19. The van der Waals surface area contributed by atoms with Crippen LogP contribution in [-0.4, -0.2) is 35.2 Å². The number of fused-ring (bicyclic) bond motifs is 1. The van der Waals surface area contributed by atoms with Gasteiger partial charge in [0.25, 0.3) is 0 Å². The van der Waals surface area contributed by atoms with Crippen LogP contribution in [0.3, 0.4) is 0 Å². The van der Waals surface area contributed by atoms with Gasteiger partial charge in [0.1, 0.15) is 5.60 Å². The Morgan fingerprint density at radius 3 is 2.57 bits per heavy atom. The monoisotopic (exact) mass is 198 g/mol. The smallest absolute Gasteiger partial charge is 0.410 e. The molecule has 2 fully saturated rings. The van der Waals surface area contributed by atoms with Gasteiger partial charge in [-0.05, 0) is 33.1 Å². The summed E-state index contributed by atoms with van der Waals surface area (Å²) in [5.74, 6) is 0.530. The van der Waals surface area contributed by atoms with Gasteiger partial charge in [0.15, 0.2) is 0 Å². The minimum atomic E-state index is -0.409. The van der Waals surface area contributed by atoms with Crippen LogP contribution in [0.4, 0.5) is 4.79 Å². The molecule has 4 nitrogen and oxygen atoms in total. The van der Waals surface area contributed by atoms with Gasteiger partial charge in [-0.3, -0.25) is 0 Å². The maximum atomic E-state index is 11.7. The van der Waals surface area contributed by atoms with Crippen LogP contribution in [0.15, 0.2) is 0 Å². The third kappa shape index (κ3) is 1.59.